The van der Waals surface area contributed by atoms with Gasteiger partial charge in [-0.2, -0.15) is 0 Å². The molecule has 0 aromatic carbocycles. The van der Waals surface area contributed by atoms with Crippen LogP contribution in [0.2, 0.25) is 0 Å². The van der Waals surface area contributed by atoms with Crippen molar-refractivity contribution in [2.75, 3.05) is 13.1 Å². The fraction of sp³-hybridized carbons (Fsp3) is 0.914. The second-order valence-corrected chi connectivity index (χ2v) is 11.6. The summed E-state index contributed by atoms with van der Waals surface area (Å²) in [5, 5.41) is 0. The van der Waals surface area contributed by atoms with Gasteiger partial charge in [0.1, 0.15) is 0 Å². The molecule has 0 fully saturated rings. The Kier molecular flexibility index (Phi) is 29.1. The molecule has 0 saturated heterocycles. The Hall–Kier alpha value is -0.790. The van der Waals surface area contributed by atoms with Crippen LogP contribution in [0.25, 0.3) is 0 Å². The van der Waals surface area contributed by atoms with Crippen LogP contribution in [0.5, 0.6) is 0 Å². The largest absolute Gasteiger partial charge is 0.339 e. The number of hydrogen-bond acceptors (Lipinski definition) is 1. The molecule has 0 aromatic heterocycles. The Morgan fingerprint density at radius 3 is 1.24 bits per heavy atom. The summed E-state index contributed by atoms with van der Waals surface area (Å²) in [6.45, 7) is 11.1. The molecule has 0 aromatic rings. The van der Waals surface area contributed by atoms with E-state index in [-0.39, 0.29) is 0 Å². The topological polar surface area (TPSA) is 20.3 Å². The van der Waals surface area contributed by atoms with Crippen LogP contribution in [0.3, 0.4) is 0 Å². The Bertz CT molecular complexity index is 481. The fourth-order valence-electron chi connectivity index (χ4n) is 5.28. The molecule has 1 amide bonds. The van der Waals surface area contributed by atoms with E-state index in [0.717, 1.165) is 31.5 Å². The number of allylic oxidation sites excluding steroid dienone is 1. The Balaban J connectivity index is 4.95. The minimum Gasteiger partial charge on any atom is -0.339 e. The average Bonchev–Trinajstić information content (AvgIpc) is 2.91. The van der Waals surface area contributed by atoms with E-state index in [1.165, 1.54) is 154 Å². The Morgan fingerprint density at radius 2 is 0.811 bits per heavy atom. The van der Waals surface area contributed by atoms with Crippen molar-refractivity contribution >= 4 is 5.91 Å². The van der Waals surface area contributed by atoms with E-state index in [0.29, 0.717) is 5.91 Å². The second kappa shape index (κ2) is 29.8. The van der Waals surface area contributed by atoms with E-state index in [2.05, 4.69) is 38.7 Å². The highest BCUT2D eigenvalue weighted by atomic mass is 16.2. The van der Waals surface area contributed by atoms with Gasteiger partial charge in [-0.1, -0.05) is 162 Å². The van der Waals surface area contributed by atoms with E-state index in [4.69, 9.17) is 0 Å². The maximum absolute atomic E-state index is 13.8. The van der Waals surface area contributed by atoms with Crippen molar-refractivity contribution in [2.24, 2.45) is 0 Å². The minimum atomic E-state index is 0.377. The smallest absolute Gasteiger partial charge is 0.249 e. The summed E-state index contributed by atoms with van der Waals surface area (Å²) < 4.78 is 0. The molecule has 0 atom stereocenters. The third-order valence-corrected chi connectivity index (χ3v) is 7.87. The molecular formula is C35H69NO. The van der Waals surface area contributed by atoms with Gasteiger partial charge < -0.3 is 4.90 Å². The molecule has 220 valence electrons. The van der Waals surface area contributed by atoms with Crippen molar-refractivity contribution in [1.82, 2.24) is 4.90 Å². The summed E-state index contributed by atoms with van der Waals surface area (Å²) in [7, 11) is 0. The zero-order valence-corrected chi connectivity index (χ0v) is 26.2. The zero-order valence-electron chi connectivity index (χ0n) is 26.2. The van der Waals surface area contributed by atoms with Crippen molar-refractivity contribution in [3.05, 3.63) is 11.6 Å². The van der Waals surface area contributed by atoms with E-state index in [1.54, 1.807) is 0 Å². The van der Waals surface area contributed by atoms with E-state index in [9.17, 15) is 4.79 Å². The van der Waals surface area contributed by atoms with Crippen LogP contribution in [-0.4, -0.2) is 23.9 Å². The number of hydrogen-bond donors (Lipinski definition) is 0. The van der Waals surface area contributed by atoms with Crippen molar-refractivity contribution in [1.29, 1.82) is 0 Å². The van der Waals surface area contributed by atoms with Gasteiger partial charge in [-0.3, -0.25) is 4.79 Å². The molecule has 0 aliphatic carbocycles. The molecule has 0 aliphatic heterocycles. The Labute approximate surface area is 234 Å². The summed E-state index contributed by atoms with van der Waals surface area (Å²) in [6.07, 6.45) is 35.7. The number of carbonyl (C=O) groups is 1. The lowest BCUT2D eigenvalue weighted by Crippen LogP contribution is -2.34. The normalized spacial score (nSPS) is 11.8. The predicted molar refractivity (Wildman–Crippen MR) is 167 cm³/mol. The molecule has 0 unspecified atom stereocenters. The van der Waals surface area contributed by atoms with Crippen LogP contribution in [0.4, 0.5) is 0 Å². The summed E-state index contributed by atoms with van der Waals surface area (Å²) in [4.78, 5) is 16.1. The van der Waals surface area contributed by atoms with Crippen LogP contribution in [0.1, 0.15) is 195 Å². The average molecular weight is 520 g/mol. The highest BCUT2D eigenvalue weighted by Gasteiger charge is 2.17. The molecule has 37 heavy (non-hydrogen) atoms. The highest BCUT2D eigenvalue weighted by Crippen LogP contribution is 2.19. The molecule has 2 heteroatoms. The fourth-order valence-corrected chi connectivity index (χ4v) is 5.28. The summed E-state index contributed by atoms with van der Waals surface area (Å²) in [6, 6.07) is 0. The lowest BCUT2D eigenvalue weighted by molar-refractivity contribution is -0.127. The van der Waals surface area contributed by atoms with Gasteiger partial charge in [-0.25, -0.2) is 0 Å². The maximum Gasteiger partial charge on any atom is 0.249 e. The number of rotatable bonds is 29. The van der Waals surface area contributed by atoms with Gasteiger partial charge in [-0.15, -0.1) is 0 Å². The quantitative estimate of drug-likeness (QED) is 0.0710. The Morgan fingerprint density at radius 1 is 0.459 bits per heavy atom. The van der Waals surface area contributed by atoms with Gasteiger partial charge in [0.2, 0.25) is 5.91 Å². The standard InChI is InChI=1S/C35H69NO/c1-5-9-13-17-21-23-27-31-34(30-26-22-18-14-10-6-2)35(37)36(32-28-24-19-15-11-7-3)33-29-25-20-16-12-8-4/h31H,5-30,32-33H2,1-4H3. The summed E-state index contributed by atoms with van der Waals surface area (Å²) in [5.74, 6) is 0.377. The van der Waals surface area contributed by atoms with Gasteiger partial charge in [0, 0.05) is 18.7 Å². The van der Waals surface area contributed by atoms with Crippen molar-refractivity contribution in [3.8, 4) is 0 Å². The van der Waals surface area contributed by atoms with E-state index >= 15 is 0 Å². The summed E-state index contributed by atoms with van der Waals surface area (Å²) in [5.41, 5.74) is 1.14. The first-order valence-electron chi connectivity index (χ1n) is 17.2. The second-order valence-electron chi connectivity index (χ2n) is 11.6. The van der Waals surface area contributed by atoms with Crippen molar-refractivity contribution < 1.29 is 4.79 Å². The van der Waals surface area contributed by atoms with Crippen LogP contribution in [0, 0.1) is 0 Å². The SMILES string of the molecule is CCCCCCCCC=C(CCCCCCCC)C(=O)N(CCCCCCCC)CCCCCCCC. The predicted octanol–water partition coefficient (Wildman–Crippen LogP) is 12.0. The molecule has 2 nitrogen and oxygen atoms in total. The van der Waals surface area contributed by atoms with Gasteiger partial charge in [0.15, 0.2) is 0 Å². The number of unbranched alkanes of at least 4 members (excludes halogenated alkanes) is 21. The third-order valence-electron chi connectivity index (χ3n) is 7.87. The van der Waals surface area contributed by atoms with Gasteiger partial charge in [-0.05, 0) is 38.5 Å². The maximum atomic E-state index is 13.8. The first-order valence-corrected chi connectivity index (χ1v) is 17.2. The lowest BCUT2D eigenvalue weighted by atomic mass is 10.0. The monoisotopic (exact) mass is 520 g/mol. The number of amides is 1. The van der Waals surface area contributed by atoms with Crippen molar-refractivity contribution in [3.63, 3.8) is 0 Å². The van der Waals surface area contributed by atoms with Crippen LogP contribution < -0.4 is 0 Å². The molecular weight excluding hydrogens is 450 g/mol. The first-order chi connectivity index (χ1) is 18.2. The third kappa shape index (κ3) is 24.0. The molecule has 0 radical (unpaired) electrons. The molecule has 0 N–H and O–H groups in total. The number of carbonyl (C=O) groups excluding carboxylic acids is 1. The van der Waals surface area contributed by atoms with Crippen LogP contribution in [0.15, 0.2) is 11.6 Å². The number of nitrogens with zero attached hydrogens (tertiary/aromatic N) is 1. The van der Waals surface area contributed by atoms with Crippen molar-refractivity contribution in [2.45, 2.75) is 195 Å². The molecule has 0 bridgehead atoms. The van der Waals surface area contributed by atoms with E-state index in [1.807, 2.05) is 0 Å². The van der Waals surface area contributed by atoms with Crippen LogP contribution >= 0.6 is 0 Å². The zero-order chi connectivity index (χ0) is 27.2. The molecule has 0 rings (SSSR count). The summed E-state index contributed by atoms with van der Waals surface area (Å²) >= 11 is 0. The minimum absolute atomic E-state index is 0.377. The van der Waals surface area contributed by atoms with Crippen LogP contribution in [-0.2, 0) is 4.79 Å². The lowest BCUT2D eigenvalue weighted by Gasteiger charge is -2.24. The molecule has 0 heterocycles. The van der Waals surface area contributed by atoms with Gasteiger partial charge in [0.05, 0.1) is 0 Å². The first kappa shape index (κ1) is 36.2. The molecule has 0 spiro atoms. The molecule has 0 saturated carbocycles. The highest BCUT2D eigenvalue weighted by molar-refractivity contribution is 5.93. The van der Waals surface area contributed by atoms with Gasteiger partial charge >= 0.3 is 0 Å². The van der Waals surface area contributed by atoms with E-state index < -0.39 is 0 Å². The van der Waals surface area contributed by atoms with Gasteiger partial charge in [0.25, 0.3) is 0 Å². The molecule has 0 aliphatic rings.